The summed E-state index contributed by atoms with van der Waals surface area (Å²) in [7, 11) is 0. The zero-order valence-corrected chi connectivity index (χ0v) is 3.37. The van der Waals surface area contributed by atoms with Crippen molar-refractivity contribution < 1.29 is 20.8 Å². The molecule has 0 spiro atoms. The first kappa shape index (κ1) is 4.19. The van der Waals surface area contributed by atoms with E-state index in [1.165, 1.54) is 6.92 Å². The summed E-state index contributed by atoms with van der Waals surface area (Å²) in [6, 6.07) is 0. The van der Waals surface area contributed by atoms with Gasteiger partial charge in [0.05, 0.1) is 0 Å². The van der Waals surface area contributed by atoms with Crippen LogP contribution >= 0.6 is 0 Å². The van der Waals surface area contributed by atoms with Gasteiger partial charge in [-0.1, -0.05) is 0 Å². The molecule has 0 atom stereocenters. The zero-order valence-electron chi connectivity index (χ0n) is 2.26. The predicted molar refractivity (Wildman–Crippen MR) is 10.7 cm³/mol. The molecular weight excluding hydrogens is 95.9 g/mol. The molecule has 0 N–H and O–H groups in total. The Kier molecular flexibility index (Phi) is 1.57. The van der Waals surface area contributed by atoms with Gasteiger partial charge in [-0.05, 0) is 0 Å². The molecule has 0 amide bonds. The summed E-state index contributed by atoms with van der Waals surface area (Å²) in [6.07, 6.45) is 0. The summed E-state index contributed by atoms with van der Waals surface area (Å²) in [5.41, 5.74) is 0. The third kappa shape index (κ3) is 86.3. The molecule has 4 heavy (non-hydrogen) atoms. The molecule has 0 bridgehead atoms. The summed E-state index contributed by atoms with van der Waals surface area (Å²) in [6.45, 7) is 1.42. The third-order valence-electron chi connectivity index (χ3n) is 0. The zero-order chi connectivity index (χ0) is 3.58. The normalized spacial score (nSPS) is 6.50. The standard InChI is InChI=1S/C2H3O.Fe/c1-2-3;/h1H3;. The van der Waals surface area contributed by atoms with Gasteiger partial charge in [0, 0.05) is 0 Å². The Hall–Kier alpha value is 0.189. The second-order valence-corrected chi connectivity index (χ2v) is 1.23. The Labute approximate surface area is 33.2 Å². The van der Waals surface area contributed by atoms with Crippen LogP contribution in [0.5, 0.6) is 0 Å². The Morgan fingerprint density at radius 2 is 2.00 bits per heavy atom. The van der Waals surface area contributed by atoms with Gasteiger partial charge in [-0.15, -0.1) is 0 Å². The van der Waals surface area contributed by atoms with Gasteiger partial charge in [0.2, 0.25) is 0 Å². The molecule has 0 rings (SSSR count). The van der Waals surface area contributed by atoms with Crippen LogP contribution in [0, 0.1) is 0 Å². The summed E-state index contributed by atoms with van der Waals surface area (Å²) >= 11 is 3.00. The van der Waals surface area contributed by atoms with Crippen LogP contribution in [0.2, 0.25) is 0 Å². The van der Waals surface area contributed by atoms with E-state index in [1.54, 1.807) is 0 Å². The molecule has 0 saturated carbocycles. The van der Waals surface area contributed by atoms with Crippen molar-refractivity contribution in [2.45, 2.75) is 6.92 Å². The average Bonchev–Trinajstić information content (AvgIpc) is 0.811. The van der Waals surface area contributed by atoms with Crippen LogP contribution in [0.4, 0.5) is 0 Å². The molecule has 0 unspecified atom stereocenters. The number of carbonyl (C=O) groups is 1. The van der Waals surface area contributed by atoms with Crippen LogP contribution in [0.1, 0.15) is 6.92 Å². The Bertz CT molecular complexity index is 29.0. The monoisotopic (exact) mass is 99.0 g/mol. The van der Waals surface area contributed by atoms with Crippen molar-refractivity contribution in [3.63, 3.8) is 0 Å². The summed E-state index contributed by atoms with van der Waals surface area (Å²) < 4.78 is -0.0833. The Morgan fingerprint density at radius 3 is 2.00 bits per heavy atom. The SMILES string of the molecule is C[C](=O)[Fe]. The van der Waals surface area contributed by atoms with Crippen molar-refractivity contribution in [1.29, 1.82) is 0 Å². The second kappa shape index (κ2) is 1.50. The van der Waals surface area contributed by atoms with Crippen molar-refractivity contribution in [2.24, 2.45) is 0 Å². The quantitative estimate of drug-likeness (QED) is 0.393. The average molecular weight is 98.9 g/mol. The molecule has 0 aromatic heterocycles. The fourth-order valence-electron chi connectivity index (χ4n) is 0. The van der Waals surface area contributed by atoms with Gasteiger partial charge in [0.25, 0.3) is 0 Å². The molecule has 1 nitrogen and oxygen atoms in total. The number of hydrogen-bond acceptors (Lipinski definition) is 1. The topological polar surface area (TPSA) is 17.1 Å². The van der Waals surface area contributed by atoms with Gasteiger partial charge in [-0.2, -0.15) is 0 Å². The van der Waals surface area contributed by atoms with Crippen molar-refractivity contribution >= 4 is 4.68 Å². The van der Waals surface area contributed by atoms with E-state index in [0.29, 0.717) is 0 Å². The van der Waals surface area contributed by atoms with E-state index in [2.05, 4.69) is 16.0 Å². The van der Waals surface area contributed by atoms with E-state index >= 15 is 0 Å². The van der Waals surface area contributed by atoms with E-state index in [-0.39, 0.29) is 4.68 Å². The minimum atomic E-state index is -0.0833. The van der Waals surface area contributed by atoms with Gasteiger partial charge in [0.1, 0.15) is 0 Å². The van der Waals surface area contributed by atoms with E-state index in [4.69, 9.17) is 0 Å². The van der Waals surface area contributed by atoms with Crippen LogP contribution in [-0.2, 0) is 20.8 Å². The van der Waals surface area contributed by atoms with E-state index in [9.17, 15) is 4.79 Å². The Balaban J connectivity index is 2.80. The van der Waals surface area contributed by atoms with Crippen molar-refractivity contribution in [3.05, 3.63) is 0 Å². The van der Waals surface area contributed by atoms with Gasteiger partial charge in [0.15, 0.2) is 0 Å². The van der Waals surface area contributed by atoms with Crippen LogP contribution in [0.15, 0.2) is 0 Å². The number of hydrogen-bond donors (Lipinski definition) is 0. The first-order valence-corrected chi connectivity index (χ1v) is 1.43. The fourth-order valence-corrected chi connectivity index (χ4v) is 0. The van der Waals surface area contributed by atoms with Gasteiger partial charge in [-0.25, -0.2) is 0 Å². The number of rotatable bonds is 0. The summed E-state index contributed by atoms with van der Waals surface area (Å²) in [5, 5.41) is 0. The summed E-state index contributed by atoms with van der Waals surface area (Å²) in [4.78, 5) is 9.33. The molecule has 0 aliphatic heterocycles. The fraction of sp³-hybridized carbons (Fsp3) is 0.500. The molecule has 2 heteroatoms. The predicted octanol–water partition coefficient (Wildman–Crippen LogP) is 0.0797. The summed E-state index contributed by atoms with van der Waals surface area (Å²) in [5.74, 6) is 0. The second-order valence-electron chi connectivity index (χ2n) is 0.453. The molecule has 0 aliphatic carbocycles. The molecule has 0 heterocycles. The van der Waals surface area contributed by atoms with Crippen LogP contribution in [0.25, 0.3) is 0 Å². The minimum absolute atomic E-state index is 0.0833. The van der Waals surface area contributed by atoms with Crippen molar-refractivity contribution in [2.75, 3.05) is 0 Å². The first-order valence-electron chi connectivity index (χ1n) is 0.881. The molecular formula is C2H3FeO. The molecule has 0 aromatic carbocycles. The molecule has 0 fully saturated rings. The maximum atomic E-state index is 9.33. The third-order valence-corrected chi connectivity index (χ3v) is 0. The van der Waals surface area contributed by atoms with Gasteiger partial charge >= 0.3 is 32.4 Å². The maximum absolute atomic E-state index is 9.33. The molecule has 0 aromatic rings. The van der Waals surface area contributed by atoms with Gasteiger partial charge in [-0.3, -0.25) is 0 Å². The van der Waals surface area contributed by atoms with E-state index in [1.807, 2.05) is 0 Å². The molecule has 25 valence electrons. The van der Waals surface area contributed by atoms with E-state index in [0.717, 1.165) is 0 Å². The van der Waals surface area contributed by atoms with E-state index < -0.39 is 0 Å². The van der Waals surface area contributed by atoms with Crippen LogP contribution in [-0.4, -0.2) is 4.68 Å². The molecule has 0 aliphatic rings. The van der Waals surface area contributed by atoms with Crippen LogP contribution in [0.3, 0.4) is 0 Å². The van der Waals surface area contributed by atoms with Crippen molar-refractivity contribution in [3.8, 4) is 0 Å². The first-order chi connectivity index (χ1) is 1.73. The Morgan fingerprint density at radius 1 is 2.00 bits per heavy atom. The van der Waals surface area contributed by atoms with Gasteiger partial charge < -0.3 is 0 Å². The van der Waals surface area contributed by atoms with Crippen molar-refractivity contribution in [1.82, 2.24) is 0 Å². The van der Waals surface area contributed by atoms with Crippen LogP contribution < -0.4 is 0 Å². The molecule has 0 saturated heterocycles. The molecule has 0 radical (unpaired) electrons. The number of carbonyl (C=O) groups excluding carboxylic acids is 1.